The molecule has 16 heavy (non-hydrogen) atoms. The molecule has 0 unspecified atom stereocenters. The van der Waals surface area contributed by atoms with Crippen molar-refractivity contribution in [2.45, 2.75) is 25.8 Å². The number of amides is 1. The zero-order valence-electron chi connectivity index (χ0n) is 9.18. The van der Waals surface area contributed by atoms with Crippen LogP contribution in [-0.2, 0) is 9.53 Å². The highest BCUT2D eigenvalue weighted by Gasteiger charge is 2.30. The molecule has 1 aliphatic heterocycles. The molecule has 1 rings (SSSR count). The lowest BCUT2D eigenvalue weighted by molar-refractivity contribution is -0.137. The maximum absolute atomic E-state index is 11.1. The van der Waals surface area contributed by atoms with Crippen LogP contribution >= 0.6 is 0 Å². The van der Waals surface area contributed by atoms with Gasteiger partial charge in [-0.15, -0.1) is 0 Å². The summed E-state index contributed by atoms with van der Waals surface area (Å²) in [6.07, 6.45) is 1.56. The van der Waals surface area contributed by atoms with E-state index in [9.17, 15) is 9.59 Å². The molecule has 0 aromatic carbocycles. The number of esters is 1. The first-order valence-corrected chi connectivity index (χ1v) is 5.19. The van der Waals surface area contributed by atoms with Crippen molar-refractivity contribution >= 4 is 12.1 Å². The number of carbonyl (C=O) groups excluding carboxylic acids is 1. The van der Waals surface area contributed by atoms with Crippen LogP contribution in [0, 0.1) is 0 Å². The fourth-order valence-electron chi connectivity index (χ4n) is 1.76. The van der Waals surface area contributed by atoms with Crippen LogP contribution in [0.2, 0.25) is 0 Å². The number of carbonyl (C=O) groups is 2. The molecule has 1 amide bonds. The number of ether oxygens (including phenoxy) is 1. The van der Waals surface area contributed by atoms with Crippen molar-refractivity contribution in [2.75, 3.05) is 13.2 Å². The van der Waals surface area contributed by atoms with Gasteiger partial charge in [0.15, 0.2) is 0 Å². The topological polar surface area (TPSA) is 92.9 Å². The number of carboxylic acid groups (broad SMARTS) is 1. The molecule has 3 N–H and O–H groups in total. The lowest BCUT2D eigenvalue weighted by atomic mass is 10.1. The molecule has 1 aliphatic rings. The molecule has 0 aromatic rings. The highest BCUT2D eigenvalue weighted by molar-refractivity contribution is 5.83. The molecular weight excluding hydrogens is 212 g/mol. The van der Waals surface area contributed by atoms with Crippen LogP contribution in [0.1, 0.15) is 19.8 Å². The van der Waals surface area contributed by atoms with Crippen LogP contribution in [0.5, 0.6) is 0 Å². The smallest absolute Gasteiger partial charge is 0.407 e. The highest BCUT2D eigenvalue weighted by atomic mass is 16.5. The fraction of sp³-hybridized carbons (Fsp3) is 0.600. The molecule has 0 spiro atoms. The molecule has 1 heterocycles. The van der Waals surface area contributed by atoms with Crippen LogP contribution < -0.4 is 5.73 Å². The van der Waals surface area contributed by atoms with Gasteiger partial charge in [0.05, 0.1) is 12.6 Å². The Bertz CT molecular complexity index is 314. The van der Waals surface area contributed by atoms with E-state index in [4.69, 9.17) is 15.6 Å². The number of hydrogen-bond donors (Lipinski definition) is 2. The predicted molar refractivity (Wildman–Crippen MR) is 56.7 cm³/mol. The summed E-state index contributed by atoms with van der Waals surface area (Å²) in [5.74, 6) is -0.530. The van der Waals surface area contributed by atoms with E-state index in [1.165, 1.54) is 4.90 Å². The van der Waals surface area contributed by atoms with Gasteiger partial charge in [-0.2, -0.15) is 0 Å². The summed E-state index contributed by atoms with van der Waals surface area (Å²) in [7, 11) is 0. The van der Waals surface area contributed by atoms with E-state index in [1.54, 1.807) is 6.92 Å². The Labute approximate surface area is 93.7 Å². The fourth-order valence-corrected chi connectivity index (χ4v) is 1.76. The summed E-state index contributed by atoms with van der Waals surface area (Å²) in [6, 6.07) is -0.401. The summed E-state index contributed by atoms with van der Waals surface area (Å²) in [5, 5.41) is 8.90. The second-order valence-corrected chi connectivity index (χ2v) is 3.53. The van der Waals surface area contributed by atoms with Gasteiger partial charge < -0.3 is 15.6 Å². The Morgan fingerprint density at radius 1 is 1.62 bits per heavy atom. The summed E-state index contributed by atoms with van der Waals surface area (Å²) in [5.41, 5.74) is 5.94. The molecule has 0 saturated carbocycles. The summed E-state index contributed by atoms with van der Waals surface area (Å²) >= 11 is 0. The molecular formula is C10H16N2O4. The highest BCUT2D eigenvalue weighted by Crippen LogP contribution is 2.21. The van der Waals surface area contributed by atoms with Crippen molar-refractivity contribution in [3.05, 3.63) is 11.8 Å². The van der Waals surface area contributed by atoms with Gasteiger partial charge in [-0.05, 0) is 19.8 Å². The van der Waals surface area contributed by atoms with Crippen LogP contribution in [-0.4, -0.2) is 41.3 Å². The van der Waals surface area contributed by atoms with Gasteiger partial charge in [-0.25, -0.2) is 9.59 Å². The monoisotopic (exact) mass is 228 g/mol. The maximum Gasteiger partial charge on any atom is 0.407 e. The first-order valence-electron chi connectivity index (χ1n) is 5.19. The minimum Gasteiger partial charge on any atom is -0.465 e. The van der Waals surface area contributed by atoms with Gasteiger partial charge in [0.1, 0.15) is 0 Å². The second-order valence-electron chi connectivity index (χ2n) is 3.53. The minimum atomic E-state index is -1.01. The normalized spacial score (nSPS) is 20.9. The SMILES string of the molecule is CCOC(=O)C=C(N)[C@H]1CCCN1C(=O)O. The first kappa shape index (κ1) is 12.4. The number of rotatable bonds is 3. The summed E-state index contributed by atoms with van der Waals surface area (Å²) < 4.78 is 4.71. The number of nitrogens with zero attached hydrogens (tertiary/aromatic N) is 1. The second kappa shape index (κ2) is 5.39. The van der Waals surface area contributed by atoms with Crippen molar-refractivity contribution in [2.24, 2.45) is 5.73 Å². The van der Waals surface area contributed by atoms with Gasteiger partial charge in [0, 0.05) is 18.3 Å². The van der Waals surface area contributed by atoms with Gasteiger partial charge in [-0.1, -0.05) is 0 Å². The van der Waals surface area contributed by atoms with Gasteiger partial charge in [0.2, 0.25) is 0 Å². The van der Waals surface area contributed by atoms with Crippen molar-refractivity contribution in [1.82, 2.24) is 4.90 Å². The standard InChI is InChI=1S/C10H16N2O4/c1-2-16-9(13)6-7(11)8-4-3-5-12(8)10(14)15/h6,8H,2-5,11H2,1H3,(H,14,15)/t8-/m1/s1. The van der Waals surface area contributed by atoms with E-state index in [-0.39, 0.29) is 12.3 Å². The van der Waals surface area contributed by atoms with E-state index in [1.807, 2.05) is 0 Å². The van der Waals surface area contributed by atoms with E-state index >= 15 is 0 Å². The average Bonchev–Trinajstić information content (AvgIpc) is 2.65. The molecule has 6 heteroatoms. The Kier molecular flexibility index (Phi) is 4.16. The van der Waals surface area contributed by atoms with Crippen LogP contribution in [0.3, 0.4) is 0 Å². The van der Waals surface area contributed by atoms with Crippen molar-refractivity contribution in [1.29, 1.82) is 0 Å². The average molecular weight is 228 g/mol. The molecule has 90 valence electrons. The Hall–Kier alpha value is -1.72. The van der Waals surface area contributed by atoms with Gasteiger partial charge in [-0.3, -0.25) is 4.90 Å². The maximum atomic E-state index is 11.1. The molecule has 6 nitrogen and oxygen atoms in total. The Morgan fingerprint density at radius 3 is 2.88 bits per heavy atom. The van der Waals surface area contributed by atoms with Crippen LogP contribution in [0.15, 0.2) is 11.8 Å². The third-order valence-electron chi connectivity index (χ3n) is 2.45. The van der Waals surface area contributed by atoms with E-state index in [0.717, 1.165) is 12.5 Å². The Morgan fingerprint density at radius 2 is 2.31 bits per heavy atom. The number of hydrogen-bond acceptors (Lipinski definition) is 4. The molecule has 0 aromatic heterocycles. The zero-order chi connectivity index (χ0) is 12.1. The van der Waals surface area contributed by atoms with Gasteiger partial charge in [0.25, 0.3) is 0 Å². The van der Waals surface area contributed by atoms with E-state index in [0.29, 0.717) is 13.0 Å². The first-order chi connectivity index (χ1) is 7.56. The van der Waals surface area contributed by atoms with Crippen molar-refractivity contribution in [3.63, 3.8) is 0 Å². The van der Waals surface area contributed by atoms with Crippen molar-refractivity contribution < 1.29 is 19.4 Å². The quantitative estimate of drug-likeness (QED) is 0.543. The minimum absolute atomic E-state index is 0.248. The van der Waals surface area contributed by atoms with Crippen LogP contribution in [0.25, 0.3) is 0 Å². The zero-order valence-corrected chi connectivity index (χ0v) is 9.18. The number of likely N-dealkylation sites (tertiary alicyclic amines) is 1. The van der Waals surface area contributed by atoms with E-state index in [2.05, 4.69) is 0 Å². The molecule has 1 fully saturated rings. The molecule has 0 bridgehead atoms. The lowest BCUT2D eigenvalue weighted by Crippen LogP contribution is -2.38. The molecule has 1 saturated heterocycles. The molecule has 0 aliphatic carbocycles. The Balaban J connectivity index is 2.68. The largest absolute Gasteiger partial charge is 0.465 e. The van der Waals surface area contributed by atoms with Crippen LogP contribution in [0.4, 0.5) is 4.79 Å². The predicted octanol–water partition coefficient (Wildman–Crippen LogP) is 0.534. The molecule has 0 radical (unpaired) electrons. The summed E-state index contributed by atoms with van der Waals surface area (Å²) in [6.45, 7) is 2.42. The lowest BCUT2D eigenvalue weighted by Gasteiger charge is -2.21. The van der Waals surface area contributed by atoms with Gasteiger partial charge >= 0.3 is 12.1 Å². The summed E-state index contributed by atoms with van der Waals surface area (Å²) in [4.78, 5) is 23.2. The molecule has 1 atom stereocenters. The van der Waals surface area contributed by atoms with Crippen molar-refractivity contribution in [3.8, 4) is 0 Å². The third-order valence-corrected chi connectivity index (χ3v) is 2.45. The van der Waals surface area contributed by atoms with E-state index < -0.39 is 18.1 Å². The third kappa shape index (κ3) is 2.88. The number of nitrogens with two attached hydrogens (primary N) is 1.